The number of thiophene rings is 1. The molecule has 2 aliphatic heterocycles. The van der Waals surface area contributed by atoms with Gasteiger partial charge in [-0.15, -0.1) is 15.7 Å². The van der Waals surface area contributed by atoms with Crippen molar-refractivity contribution >= 4 is 66.5 Å². The molecular formula is C32H50N6O11S4. The number of Topliss-reactive ketones (excluding diaryl/α,β-unsaturated/α-hetero) is 1. The molecule has 1 saturated heterocycles. The number of aromatic nitrogens is 2. The van der Waals surface area contributed by atoms with Crippen LogP contribution in [0.15, 0.2) is 14.5 Å². The van der Waals surface area contributed by atoms with Crippen LogP contribution in [0.1, 0.15) is 78.8 Å². The van der Waals surface area contributed by atoms with Gasteiger partial charge >= 0.3 is 11.9 Å². The number of carbonyl (C=O) groups is 3. The second kappa shape index (κ2) is 18.7. The molecule has 0 saturated carbocycles. The van der Waals surface area contributed by atoms with Crippen molar-refractivity contribution in [3.8, 4) is 5.88 Å². The Bertz CT molecular complexity index is 1790. The van der Waals surface area contributed by atoms with E-state index in [-0.39, 0.29) is 45.9 Å². The third-order valence-electron chi connectivity index (χ3n) is 8.42. The summed E-state index contributed by atoms with van der Waals surface area (Å²) >= 11 is 1.67. The molecule has 1 fully saturated rings. The Morgan fingerprint density at radius 2 is 1.83 bits per heavy atom. The van der Waals surface area contributed by atoms with Gasteiger partial charge in [0.25, 0.3) is 15.9 Å². The maximum Gasteiger partial charge on any atom is 0.306 e. The predicted molar refractivity (Wildman–Crippen MR) is 198 cm³/mol. The van der Waals surface area contributed by atoms with Crippen molar-refractivity contribution in [3.05, 3.63) is 11.6 Å². The first-order valence-corrected chi connectivity index (χ1v) is 22.0. The Balaban J connectivity index is 1.23. The van der Waals surface area contributed by atoms with Gasteiger partial charge < -0.3 is 34.5 Å². The fourth-order valence-electron chi connectivity index (χ4n) is 5.46. The summed E-state index contributed by atoms with van der Waals surface area (Å²) in [5.74, 6) is -1.05. The summed E-state index contributed by atoms with van der Waals surface area (Å²) in [5.41, 5.74) is 0.134. The minimum absolute atomic E-state index is 0.00366. The van der Waals surface area contributed by atoms with Gasteiger partial charge in [0, 0.05) is 49.6 Å². The number of morpholine rings is 1. The Kier molecular flexibility index (Phi) is 15.2. The van der Waals surface area contributed by atoms with Crippen molar-refractivity contribution in [1.82, 2.24) is 24.1 Å². The average molecular weight is 823 g/mol. The van der Waals surface area contributed by atoms with Gasteiger partial charge in [-0.05, 0) is 60.1 Å². The maximum absolute atomic E-state index is 13.2. The van der Waals surface area contributed by atoms with E-state index in [4.69, 9.17) is 18.9 Å². The van der Waals surface area contributed by atoms with Crippen LogP contribution >= 0.6 is 23.1 Å². The van der Waals surface area contributed by atoms with Gasteiger partial charge in [-0.2, -0.15) is 4.37 Å². The van der Waals surface area contributed by atoms with Crippen LogP contribution in [-0.4, -0.2) is 119 Å². The van der Waals surface area contributed by atoms with Crippen molar-refractivity contribution < 1.29 is 50.2 Å². The molecule has 298 valence electrons. The van der Waals surface area contributed by atoms with Crippen LogP contribution in [0.5, 0.6) is 5.88 Å². The third-order valence-corrected chi connectivity index (χ3v) is 14.8. The number of sulfone groups is 1. The Hall–Kier alpha value is -2.79. The van der Waals surface area contributed by atoms with Crippen LogP contribution in [0.2, 0.25) is 0 Å². The highest BCUT2D eigenvalue weighted by Crippen LogP contribution is 2.42. The first-order valence-electron chi connectivity index (χ1n) is 17.5. The van der Waals surface area contributed by atoms with E-state index in [1.165, 1.54) is 13.0 Å². The van der Waals surface area contributed by atoms with Crippen molar-refractivity contribution in [2.45, 2.75) is 105 Å². The standard InChI is InChI=1S/C32H50N6O11S4/c1-7-33-24-15-20(2)52(42,43)31-23(24)16-28(50-31)53(44,45)37-21(3)25(39)19-47-26(40)9-8-10-27(41)49-22(17-34-32(4,5)6)18-48-30-29(35-51-36-30)38-11-13-46-14-12-38/h16,20-22,24,33-34,37H,7-15,17-19H2,1-6H3/t20-,21?,22-,24-/m0/s1. The van der Waals surface area contributed by atoms with Gasteiger partial charge in [0.1, 0.15) is 21.1 Å². The van der Waals surface area contributed by atoms with E-state index in [0.717, 1.165) is 11.7 Å². The molecule has 0 aromatic carbocycles. The molecule has 2 aliphatic rings. The van der Waals surface area contributed by atoms with E-state index >= 15 is 0 Å². The van der Waals surface area contributed by atoms with Gasteiger partial charge in [0.2, 0.25) is 5.82 Å². The largest absolute Gasteiger partial charge is 0.470 e. The summed E-state index contributed by atoms with van der Waals surface area (Å²) < 4.78 is 84.9. The Morgan fingerprint density at radius 3 is 2.51 bits per heavy atom. The summed E-state index contributed by atoms with van der Waals surface area (Å²) in [4.78, 5) is 39.9. The van der Waals surface area contributed by atoms with E-state index in [9.17, 15) is 31.2 Å². The average Bonchev–Trinajstić information content (AvgIpc) is 3.77. The van der Waals surface area contributed by atoms with E-state index in [2.05, 4.69) is 24.1 Å². The van der Waals surface area contributed by atoms with Crippen LogP contribution in [0.25, 0.3) is 0 Å². The Morgan fingerprint density at radius 1 is 1.13 bits per heavy atom. The summed E-state index contributed by atoms with van der Waals surface area (Å²) in [6, 6.07) is -0.262. The number of sulfonamides is 1. The molecule has 4 rings (SSSR count). The van der Waals surface area contributed by atoms with E-state index in [0.29, 0.717) is 74.4 Å². The molecule has 2 aromatic rings. The lowest BCUT2D eigenvalue weighted by Crippen LogP contribution is -2.44. The topological polar surface area (TPSA) is 222 Å². The molecule has 0 spiro atoms. The molecule has 17 nitrogen and oxygen atoms in total. The number of rotatable bonds is 19. The van der Waals surface area contributed by atoms with E-state index < -0.39 is 61.6 Å². The molecule has 0 bridgehead atoms. The molecule has 0 amide bonds. The maximum atomic E-state index is 13.2. The lowest BCUT2D eigenvalue weighted by atomic mass is 10.1. The number of esters is 2. The molecule has 0 radical (unpaired) electrons. The number of nitrogens with one attached hydrogen (secondary N) is 3. The van der Waals surface area contributed by atoms with Gasteiger partial charge in [-0.1, -0.05) is 6.92 Å². The van der Waals surface area contributed by atoms with Crippen LogP contribution in [0, 0.1) is 0 Å². The van der Waals surface area contributed by atoms with Crippen molar-refractivity contribution in [1.29, 1.82) is 0 Å². The minimum atomic E-state index is -4.28. The lowest BCUT2D eigenvalue weighted by Gasteiger charge is -2.27. The van der Waals surface area contributed by atoms with Crippen molar-refractivity contribution in [2.24, 2.45) is 0 Å². The van der Waals surface area contributed by atoms with Crippen LogP contribution in [0.3, 0.4) is 0 Å². The molecule has 21 heteroatoms. The van der Waals surface area contributed by atoms with Gasteiger partial charge in [0.15, 0.2) is 22.2 Å². The van der Waals surface area contributed by atoms with Crippen molar-refractivity contribution in [2.75, 3.05) is 57.5 Å². The number of ether oxygens (including phenoxy) is 4. The summed E-state index contributed by atoms with van der Waals surface area (Å²) in [5, 5.41) is 5.82. The van der Waals surface area contributed by atoms with E-state index in [1.54, 1.807) is 6.92 Å². The van der Waals surface area contributed by atoms with Gasteiger partial charge in [0.05, 0.1) is 36.2 Å². The molecular weight excluding hydrogens is 773 g/mol. The van der Waals surface area contributed by atoms with Gasteiger partial charge in [-0.3, -0.25) is 14.4 Å². The molecule has 4 heterocycles. The second-order valence-corrected chi connectivity index (χ2v) is 20.0. The zero-order chi connectivity index (χ0) is 39.0. The molecule has 3 N–H and O–H groups in total. The zero-order valence-electron chi connectivity index (χ0n) is 30.8. The molecule has 53 heavy (non-hydrogen) atoms. The third kappa shape index (κ3) is 12.1. The van der Waals surface area contributed by atoms with Crippen LogP contribution < -0.4 is 25.0 Å². The zero-order valence-corrected chi connectivity index (χ0v) is 34.1. The second-order valence-electron chi connectivity index (χ2n) is 13.9. The summed E-state index contributed by atoms with van der Waals surface area (Å²) in [6.45, 7) is 13.4. The number of hydrogen-bond acceptors (Lipinski definition) is 18. The minimum Gasteiger partial charge on any atom is -0.470 e. The molecule has 0 aliphatic carbocycles. The highest BCUT2D eigenvalue weighted by molar-refractivity contribution is 7.95. The molecule has 4 atom stereocenters. The van der Waals surface area contributed by atoms with Crippen LogP contribution in [-0.2, 0) is 48.5 Å². The number of ketones is 1. The fraction of sp³-hybridized carbons (Fsp3) is 0.719. The lowest BCUT2D eigenvalue weighted by molar-refractivity contribution is -0.151. The summed E-state index contributed by atoms with van der Waals surface area (Å²) in [6.07, 6.45) is -0.558. The normalized spacial score (nSPS) is 19.9. The van der Waals surface area contributed by atoms with Crippen molar-refractivity contribution in [3.63, 3.8) is 0 Å². The number of carbonyl (C=O) groups excluding carboxylic acids is 3. The quantitative estimate of drug-likeness (QED) is 0.173. The van der Waals surface area contributed by atoms with Gasteiger partial charge in [-0.25, -0.2) is 21.6 Å². The fourth-order valence-corrected chi connectivity index (χ4v) is 11.2. The summed E-state index contributed by atoms with van der Waals surface area (Å²) in [7, 11) is -7.98. The number of hydrogen-bond donors (Lipinski definition) is 3. The molecule has 1 unspecified atom stereocenters. The SMILES string of the molecule is CCN[C@H]1C[C@H](C)S(=O)(=O)c2sc(S(=O)(=O)NC(C)C(=O)COC(=O)CCCC(=O)O[C@@H](CNC(C)(C)C)COc3nsnc3N3CCOCC3)cc21. The number of fused-ring (bicyclic) bond motifs is 1. The monoisotopic (exact) mass is 822 g/mol. The first kappa shape index (κ1) is 42.9. The predicted octanol–water partition coefficient (Wildman–Crippen LogP) is 1.98. The van der Waals surface area contributed by atoms with Crippen LogP contribution in [0.4, 0.5) is 5.82 Å². The highest BCUT2D eigenvalue weighted by atomic mass is 32.3. The highest BCUT2D eigenvalue weighted by Gasteiger charge is 2.40. The number of anilines is 1. The smallest absolute Gasteiger partial charge is 0.306 e. The first-order chi connectivity index (χ1) is 24.9. The number of nitrogens with zero attached hydrogens (tertiary/aromatic N) is 3. The van der Waals surface area contributed by atoms with E-state index in [1.807, 2.05) is 32.6 Å². The molecule has 2 aromatic heterocycles. The Labute approximate surface area is 319 Å².